The fourth-order valence-electron chi connectivity index (χ4n) is 3.90. The lowest BCUT2D eigenvalue weighted by atomic mass is 9.99. The Balaban J connectivity index is 1.51. The maximum atomic E-state index is 13.4. The predicted octanol–water partition coefficient (Wildman–Crippen LogP) is 2.64. The second-order valence-corrected chi connectivity index (χ2v) is 9.12. The van der Waals surface area contributed by atoms with E-state index in [0.29, 0.717) is 11.3 Å². The van der Waals surface area contributed by atoms with Crippen molar-refractivity contribution in [2.75, 3.05) is 12.8 Å². The summed E-state index contributed by atoms with van der Waals surface area (Å²) in [5.74, 6) is -1.26. The van der Waals surface area contributed by atoms with Crippen LogP contribution in [0.25, 0.3) is 11.4 Å². The Labute approximate surface area is 222 Å². The number of nitrogens with zero attached hydrogens (tertiary/aromatic N) is 4. The molecule has 0 radical (unpaired) electrons. The van der Waals surface area contributed by atoms with Gasteiger partial charge in [-0.05, 0) is 47.9 Å². The first-order valence-electron chi connectivity index (χ1n) is 12.1. The van der Waals surface area contributed by atoms with Crippen molar-refractivity contribution in [1.29, 1.82) is 0 Å². The average molecular weight is 535 g/mol. The smallest absolute Gasteiger partial charge is 0.286 e. The van der Waals surface area contributed by atoms with Crippen LogP contribution in [0.5, 0.6) is 5.75 Å². The average Bonchev–Trinajstić information content (AvgIpc) is 3.38. The molecule has 0 aliphatic heterocycles. The van der Waals surface area contributed by atoms with Crippen LogP contribution in [0.1, 0.15) is 36.0 Å². The van der Waals surface area contributed by atoms with Gasteiger partial charge in [-0.15, -0.1) is 10.2 Å². The van der Waals surface area contributed by atoms with Crippen molar-refractivity contribution in [1.82, 2.24) is 25.1 Å². The van der Waals surface area contributed by atoms with Crippen molar-refractivity contribution < 1.29 is 23.1 Å². The van der Waals surface area contributed by atoms with E-state index in [9.17, 15) is 18.8 Å². The molecule has 0 saturated carbocycles. The molecule has 2 aromatic heterocycles. The summed E-state index contributed by atoms with van der Waals surface area (Å²) in [4.78, 5) is 43.2. The molecular formula is C27H27FN6O5. The SMILES string of the molecule is COc1cccc(Cc2nnc(C(=O)[C@@H](NC(=O)Cn3c(-c4ccc(F)cc4)ncc(N)c3=O)C(C)C)o2)c1. The van der Waals surface area contributed by atoms with Gasteiger partial charge in [-0.1, -0.05) is 26.0 Å². The number of hydrogen-bond donors (Lipinski definition) is 2. The van der Waals surface area contributed by atoms with E-state index in [1.165, 1.54) is 30.5 Å². The number of methoxy groups -OCH3 is 1. The molecule has 0 saturated heterocycles. The fraction of sp³-hybridized carbons (Fsp3) is 0.259. The van der Waals surface area contributed by atoms with Crippen LogP contribution in [-0.2, 0) is 17.8 Å². The summed E-state index contributed by atoms with van der Waals surface area (Å²) in [7, 11) is 1.56. The second kappa shape index (κ2) is 11.7. The molecule has 1 amide bonds. The number of hydrogen-bond acceptors (Lipinski definition) is 9. The standard InChI is InChI=1S/C27H27FN6O5/c1-15(2)23(24(36)26-33-32-22(39-26)12-16-5-4-6-19(11-16)38-3)31-21(35)14-34-25(30-13-20(29)27(34)37)17-7-9-18(28)10-8-17/h4-11,13,15,23H,12,14,29H2,1-3H3,(H,31,35)/t23-/m0/s1. The number of amides is 1. The van der Waals surface area contributed by atoms with Crippen molar-refractivity contribution >= 4 is 17.4 Å². The van der Waals surface area contributed by atoms with E-state index in [0.717, 1.165) is 10.1 Å². The first-order chi connectivity index (χ1) is 18.7. The maximum absolute atomic E-state index is 13.4. The highest BCUT2D eigenvalue weighted by Crippen LogP contribution is 2.18. The number of aromatic nitrogens is 4. The molecule has 4 aromatic rings. The Kier molecular flexibility index (Phi) is 8.13. The predicted molar refractivity (Wildman–Crippen MR) is 140 cm³/mol. The van der Waals surface area contributed by atoms with Gasteiger partial charge in [-0.2, -0.15) is 0 Å². The number of carbonyl (C=O) groups is 2. The third-order valence-electron chi connectivity index (χ3n) is 5.91. The molecule has 0 unspecified atom stereocenters. The fourth-order valence-corrected chi connectivity index (χ4v) is 3.90. The molecule has 202 valence electrons. The molecule has 2 aromatic carbocycles. The first kappa shape index (κ1) is 27.2. The molecule has 2 heterocycles. The number of rotatable bonds is 10. The molecule has 1 atom stereocenters. The van der Waals surface area contributed by atoms with Crippen molar-refractivity contribution in [2.45, 2.75) is 32.9 Å². The quantitative estimate of drug-likeness (QED) is 0.292. The van der Waals surface area contributed by atoms with Crippen LogP contribution in [0, 0.1) is 11.7 Å². The molecule has 0 aliphatic rings. The summed E-state index contributed by atoms with van der Waals surface area (Å²) in [5.41, 5.74) is 6.18. The summed E-state index contributed by atoms with van der Waals surface area (Å²) in [6, 6.07) is 11.6. The molecule has 0 bridgehead atoms. The summed E-state index contributed by atoms with van der Waals surface area (Å²) < 4.78 is 25.3. The van der Waals surface area contributed by atoms with E-state index in [4.69, 9.17) is 14.9 Å². The van der Waals surface area contributed by atoms with Gasteiger partial charge < -0.3 is 20.2 Å². The van der Waals surface area contributed by atoms with Crippen LogP contribution in [-0.4, -0.2) is 44.6 Å². The Morgan fingerprint density at radius 1 is 1.15 bits per heavy atom. The second-order valence-electron chi connectivity index (χ2n) is 9.12. The van der Waals surface area contributed by atoms with Crippen LogP contribution in [0.15, 0.2) is 63.9 Å². The monoisotopic (exact) mass is 534 g/mol. The van der Waals surface area contributed by atoms with E-state index in [-0.39, 0.29) is 35.6 Å². The van der Waals surface area contributed by atoms with Gasteiger partial charge in [0.25, 0.3) is 11.4 Å². The van der Waals surface area contributed by atoms with E-state index in [1.54, 1.807) is 27.0 Å². The van der Waals surface area contributed by atoms with Crippen LogP contribution in [0.3, 0.4) is 0 Å². The number of anilines is 1. The van der Waals surface area contributed by atoms with Gasteiger partial charge in [-0.25, -0.2) is 9.37 Å². The van der Waals surface area contributed by atoms with Gasteiger partial charge in [0.05, 0.1) is 25.8 Å². The largest absolute Gasteiger partial charge is 0.497 e. The molecule has 0 aliphatic carbocycles. The lowest BCUT2D eigenvalue weighted by Gasteiger charge is -2.20. The van der Waals surface area contributed by atoms with Crippen LogP contribution in [0.2, 0.25) is 0 Å². The Morgan fingerprint density at radius 3 is 2.59 bits per heavy atom. The number of ketones is 1. The number of Topliss-reactive ketones (excluding diaryl/α,β-unsaturated/α-hetero) is 1. The zero-order valence-corrected chi connectivity index (χ0v) is 21.6. The third-order valence-corrected chi connectivity index (χ3v) is 5.91. The zero-order valence-electron chi connectivity index (χ0n) is 21.6. The number of nitrogens with one attached hydrogen (secondary N) is 1. The topological polar surface area (TPSA) is 155 Å². The number of benzene rings is 2. The van der Waals surface area contributed by atoms with E-state index < -0.39 is 35.7 Å². The lowest BCUT2D eigenvalue weighted by molar-refractivity contribution is -0.122. The summed E-state index contributed by atoms with van der Waals surface area (Å²) in [6.45, 7) is 3.01. The van der Waals surface area contributed by atoms with Crippen LogP contribution in [0.4, 0.5) is 10.1 Å². The van der Waals surface area contributed by atoms with Crippen molar-refractivity contribution in [3.63, 3.8) is 0 Å². The molecule has 3 N–H and O–H groups in total. The molecule has 0 spiro atoms. The molecular weight excluding hydrogens is 507 g/mol. The van der Waals surface area contributed by atoms with E-state index >= 15 is 0 Å². The van der Waals surface area contributed by atoms with Gasteiger partial charge in [0, 0.05) is 5.56 Å². The first-order valence-corrected chi connectivity index (χ1v) is 12.1. The van der Waals surface area contributed by atoms with E-state index in [1.807, 2.05) is 18.2 Å². The normalized spacial score (nSPS) is 11.8. The third kappa shape index (κ3) is 6.35. The summed E-state index contributed by atoms with van der Waals surface area (Å²) >= 11 is 0. The minimum absolute atomic E-state index is 0.121. The highest BCUT2D eigenvalue weighted by molar-refractivity contribution is 5.98. The van der Waals surface area contributed by atoms with Crippen molar-refractivity contribution in [3.8, 4) is 17.1 Å². The molecule has 4 rings (SSSR count). The number of nitrogens with two attached hydrogens (primary N) is 1. The Bertz CT molecular complexity index is 1550. The minimum Gasteiger partial charge on any atom is -0.497 e. The van der Waals surface area contributed by atoms with Crippen LogP contribution < -0.4 is 21.3 Å². The molecule has 0 fully saturated rings. The van der Waals surface area contributed by atoms with Crippen molar-refractivity contribution in [3.05, 3.63) is 88.2 Å². The molecule has 11 nitrogen and oxygen atoms in total. The number of ether oxygens (including phenoxy) is 1. The minimum atomic E-state index is -1.01. The Hall–Kier alpha value is -4.87. The highest BCUT2D eigenvalue weighted by Gasteiger charge is 2.30. The van der Waals surface area contributed by atoms with Gasteiger partial charge in [0.2, 0.25) is 17.6 Å². The zero-order chi connectivity index (χ0) is 28.1. The van der Waals surface area contributed by atoms with Gasteiger partial charge >= 0.3 is 0 Å². The highest BCUT2D eigenvalue weighted by atomic mass is 19.1. The van der Waals surface area contributed by atoms with Crippen molar-refractivity contribution in [2.24, 2.45) is 5.92 Å². The van der Waals surface area contributed by atoms with E-state index in [2.05, 4.69) is 20.5 Å². The maximum Gasteiger partial charge on any atom is 0.286 e. The van der Waals surface area contributed by atoms with Crippen LogP contribution >= 0.6 is 0 Å². The molecule has 12 heteroatoms. The van der Waals surface area contributed by atoms with Gasteiger partial charge in [-0.3, -0.25) is 19.0 Å². The van der Waals surface area contributed by atoms with Gasteiger partial charge in [0.1, 0.15) is 29.6 Å². The number of nitrogen functional groups attached to an aromatic ring is 1. The summed E-state index contributed by atoms with van der Waals surface area (Å²) in [6.07, 6.45) is 1.46. The lowest BCUT2D eigenvalue weighted by Crippen LogP contribution is -2.46. The van der Waals surface area contributed by atoms with Gasteiger partial charge in [0.15, 0.2) is 0 Å². The summed E-state index contributed by atoms with van der Waals surface area (Å²) in [5, 5.41) is 10.5. The number of halogens is 1. The molecule has 39 heavy (non-hydrogen) atoms. The number of carbonyl (C=O) groups excluding carboxylic acids is 2. The Morgan fingerprint density at radius 2 is 1.90 bits per heavy atom.